The number of amides is 1. The Morgan fingerprint density at radius 1 is 1.35 bits per heavy atom. The smallest absolute Gasteiger partial charge is 0.256 e. The van der Waals surface area contributed by atoms with Gasteiger partial charge in [0.05, 0.1) is 17.4 Å². The number of nitrogens with zero attached hydrogens (tertiary/aromatic N) is 2. The van der Waals surface area contributed by atoms with Crippen LogP contribution in [-0.2, 0) is 0 Å². The minimum absolute atomic E-state index is 0.0187. The molecule has 2 rings (SSSR count). The average Bonchev–Trinajstić information content (AvgIpc) is 2.42. The molecule has 1 heterocycles. The van der Waals surface area contributed by atoms with E-state index in [4.69, 9.17) is 23.2 Å². The third-order valence-electron chi connectivity index (χ3n) is 2.44. The number of rotatable bonds is 3. The highest BCUT2D eigenvalue weighted by atomic mass is 35.5. The molecule has 104 valence electrons. The molecule has 0 atom stereocenters. The molecule has 8 heteroatoms. The molecule has 20 heavy (non-hydrogen) atoms. The van der Waals surface area contributed by atoms with Gasteiger partial charge in [0.25, 0.3) is 5.91 Å². The van der Waals surface area contributed by atoms with Crippen LogP contribution in [0.3, 0.4) is 0 Å². The number of hydrogen-bond acceptors (Lipinski definition) is 4. The molecule has 0 saturated heterocycles. The molecule has 0 aliphatic carbocycles. The predicted octanol–water partition coefficient (Wildman–Crippen LogP) is 3.03. The first-order valence-electron chi connectivity index (χ1n) is 5.48. The highest BCUT2D eigenvalue weighted by molar-refractivity contribution is 6.33. The maximum absolute atomic E-state index is 13.8. The third kappa shape index (κ3) is 2.97. The van der Waals surface area contributed by atoms with Crippen LogP contribution in [0.5, 0.6) is 0 Å². The molecule has 2 N–H and O–H groups in total. The lowest BCUT2D eigenvalue weighted by Gasteiger charge is -2.12. The molecule has 2 aromatic rings. The zero-order chi connectivity index (χ0) is 14.7. The highest BCUT2D eigenvalue weighted by Crippen LogP contribution is 2.27. The number of aromatic nitrogens is 2. The van der Waals surface area contributed by atoms with E-state index in [9.17, 15) is 9.18 Å². The average molecular weight is 315 g/mol. The summed E-state index contributed by atoms with van der Waals surface area (Å²) in [5.74, 6) is -1.05. The van der Waals surface area contributed by atoms with Gasteiger partial charge in [0.15, 0.2) is 5.82 Å². The van der Waals surface area contributed by atoms with Crippen molar-refractivity contribution < 1.29 is 9.18 Å². The molecule has 0 fully saturated rings. The topological polar surface area (TPSA) is 66.9 Å². The van der Waals surface area contributed by atoms with Gasteiger partial charge in [-0.3, -0.25) is 4.79 Å². The van der Waals surface area contributed by atoms with Crippen molar-refractivity contribution in [2.75, 3.05) is 12.4 Å². The Bertz CT molecular complexity index is 666. The molecule has 0 bridgehead atoms. The van der Waals surface area contributed by atoms with Crippen LogP contribution >= 0.6 is 23.2 Å². The van der Waals surface area contributed by atoms with Crippen molar-refractivity contribution >= 4 is 40.6 Å². The van der Waals surface area contributed by atoms with E-state index >= 15 is 0 Å². The maximum Gasteiger partial charge on any atom is 0.256 e. The van der Waals surface area contributed by atoms with Crippen molar-refractivity contribution in [1.82, 2.24) is 15.3 Å². The zero-order valence-corrected chi connectivity index (χ0v) is 11.8. The van der Waals surface area contributed by atoms with Crippen molar-refractivity contribution in [3.63, 3.8) is 0 Å². The van der Waals surface area contributed by atoms with Gasteiger partial charge in [-0.15, -0.1) is 0 Å². The van der Waals surface area contributed by atoms with Gasteiger partial charge >= 0.3 is 0 Å². The van der Waals surface area contributed by atoms with Crippen LogP contribution < -0.4 is 10.6 Å². The molecule has 1 amide bonds. The number of nitrogens with one attached hydrogen (secondary N) is 2. The lowest BCUT2D eigenvalue weighted by atomic mass is 10.1. The Morgan fingerprint density at radius 2 is 2.10 bits per heavy atom. The van der Waals surface area contributed by atoms with E-state index in [1.54, 1.807) is 0 Å². The van der Waals surface area contributed by atoms with E-state index in [-0.39, 0.29) is 27.4 Å². The summed E-state index contributed by atoms with van der Waals surface area (Å²) >= 11 is 11.6. The highest BCUT2D eigenvalue weighted by Gasteiger charge is 2.17. The Labute approximate surface area is 124 Å². The predicted molar refractivity (Wildman–Crippen MR) is 75.1 cm³/mol. The molecule has 1 aromatic carbocycles. The number of benzene rings is 1. The maximum atomic E-state index is 13.8. The van der Waals surface area contributed by atoms with Gasteiger partial charge in [0, 0.05) is 7.05 Å². The number of hydrogen-bond donors (Lipinski definition) is 2. The lowest BCUT2D eigenvalue weighted by molar-refractivity contribution is 0.0960. The minimum Gasteiger partial charge on any atom is -0.355 e. The lowest BCUT2D eigenvalue weighted by Crippen LogP contribution is -2.20. The zero-order valence-electron chi connectivity index (χ0n) is 10.2. The van der Waals surface area contributed by atoms with Crippen LogP contribution in [0.15, 0.2) is 24.4 Å². The standard InChI is InChI=1S/C12H9Cl2FN4O/c1-16-11(20)9-7(15)3-2-4-8(9)18-10-6(13)5-17-12(14)19-10/h2-5H,1H3,(H,16,20)(H,17,18,19). The van der Waals surface area contributed by atoms with Gasteiger partial charge < -0.3 is 10.6 Å². The molecule has 0 aliphatic rings. The van der Waals surface area contributed by atoms with E-state index in [1.807, 2.05) is 0 Å². The molecule has 5 nitrogen and oxygen atoms in total. The number of anilines is 2. The van der Waals surface area contributed by atoms with Crippen molar-refractivity contribution in [3.8, 4) is 0 Å². The number of carbonyl (C=O) groups excluding carboxylic acids is 1. The van der Waals surface area contributed by atoms with Crippen molar-refractivity contribution in [2.24, 2.45) is 0 Å². The van der Waals surface area contributed by atoms with E-state index in [0.717, 1.165) is 0 Å². The Morgan fingerprint density at radius 3 is 2.80 bits per heavy atom. The van der Waals surface area contributed by atoms with Crippen LogP contribution in [0.2, 0.25) is 10.3 Å². The van der Waals surface area contributed by atoms with Crippen LogP contribution in [0.25, 0.3) is 0 Å². The first-order chi connectivity index (χ1) is 9.52. The van der Waals surface area contributed by atoms with Crippen LogP contribution in [0.1, 0.15) is 10.4 Å². The fourth-order valence-corrected chi connectivity index (χ4v) is 1.82. The van der Waals surface area contributed by atoms with Crippen LogP contribution in [0, 0.1) is 5.82 Å². The Balaban J connectivity index is 2.46. The van der Waals surface area contributed by atoms with Gasteiger partial charge in [-0.1, -0.05) is 17.7 Å². The van der Waals surface area contributed by atoms with Gasteiger partial charge in [0.2, 0.25) is 5.28 Å². The SMILES string of the molecule is CNC(=O)c1c(F)cccc1Nc1nc(Cl)ncc1Cl. The Hall–Kier alpha value is -1.92. The summed E-state index contributed by atoms with van der Waals surface area (Å²) in [7, 11) is 1.41. The summed E-state index contributed by atoms with van der Waals surface area (Å²) in [6, 6.07) is 4.17. The summed E-state index contributed by atoms with van der Waals surface area (Å²) in [6.07, 6.45) is 1.30. The van der Waals surface area contributed by atoms with Gasteiger partial charge in [-0.05, 0) is 23.7 Å². The fourth-order valence-electron chi connectivity index (χ4n) is 1.54. The third-order valence-corrected chi connectivity index (χ3v) is 2.89. The second-order valence-electron chi connectivity index (χ2n) is 3.70. The van der Waals surface area contributed by atoms with Gasteiger partial charge in [-0.25, -0.2) is 9.37 Å². The normalized spacial score (nSPS) is 10.2. The quantitative estimate of drug-likeness (QED) is 0.855. The largest absolute Gasteiger partial charge is 0.355 e. The van der Waals surface area contributed by atoms with Crippen molar-refractivity contribution in [3.05, 3.63) is 46.1 Å². The molecular weight excluding hydrogens is 306 g/mol. The van der Waals surface area contributed by atoms with E-state index in [1.165, 1.54) is 31.4 Å². The molecule has 0 saturated carbocycles. The van der Waals surface area contributed by atoms with Crippen molar-refractivity contribution in [2.45, 2.75) is 0 Å². The molecular formula is C12H9Cl2FN4O. The molecule has 0 radical (unpaired) electrons. The number of halogens is 3. The van der Waals surface area contributed by atoms with E-state index < -0.39 is 11.7 Å². The molecule has 0 aliphatic heterocycles. The summed E-state index contributed by atoms with van der Waals surface area (Å²) in [5, 5.41) is 5.31. The van der Waals surface area contributed by atoms with Crippen molar-refractivity contribution in [1.29, 1.82) is 0 Å². The first kappa shape index (κ1) is 14.5. The first-order valence-corrected chi connectivity index (χ1v) is 6.24. The van der Waals surface area contributed by atoms with E-state index in [0.29, 0.717) is 0 Å². The summed E-state index contributed by atoms with van der Waals surface area (Å²) in [4.78, 5) is 19.3. The Kier molecular flexibility index (Phi) is 4.36. The summed E-state index contributed by atoms with van der Waals surface area (Å²) in [5.41, 5.74) is 0.0850. The second-order valence-corrected chi connectivity index (χ2v) is 4.45. The van der Waals surface area contributed by atoms with Gasteiger partial charge in [-0.2, -0.15) is 4.98 Å². The van der Waals surface area contributed by atoms with Crippen LogP contribution in [0.4, 0.5) is 15.9 Å². The molecule has 0 spiro atoms. The molecule has 0 unspecified atom stereocenters. The second kappa shape index (κ2) is 6.02. The van der Waals surface area contributed by atoms with Gasteiger partial charge in [0.1, 0.15) is 10.8 Å². The molecule has 1 aromatic heterocycles. The monoisotopic (exact) mass is 314 g/mol. The van der Waals surface area contributed by atoms with Crippen LogP contribution in [-0.4, -0.2) is 22.9 Å². The minimum atomic E-state index is -0.661. The number of carbonyl (C=O) groups is 1. The summed E-state index contributed by atoms with van der Waals surface area (Å²) < 4.78 is 13.8. The summed E-state index contributed by atoms with van der Waals surface area (Å²) in [6.45, 7) is 0. The van der Waals surface area contributed by atoms with E-state index in [2.05, 4.69) is 20.6 Å². The fraction of sp³-hybridized carbons (Fsp3) is 0.0833.